The van der Waals surface area contributed by atoms with Gasteiger partial charge in [-0.15, -0.1) is 11.3 Å². The van der Waals surface area contributed by atoms with Gasteiger partial charge in [-0.05, 0) is 68.5 Å². The van der Waals surface area contributed by atoms with Gasteiger partial charge in [0, 0.05) is 27.3 Å². The van der Waals surface area contributed by atoms with Gasteiger partial charge in [-0.25, -0.2) is 9.18 Å². The molecule has 0 spiro atoms. The van der Waals surface area contributed by atoms with Crippen LogP contribution >= 0.6 is 27.3 Å². The SMILES string of the molecule is C[C@H](NC(=O)Nc1ccc(Br)cc1F)c1c(-n2cccc2)sc2c1CCCC2. The molecule has 1 aliphatic rings. The number of urea groups is 1. The summed E-state index contributed by atoms with van der Waals surface area (Å²) in [6.45, 7) is 1.99. The molecule has 2 N–H and O–H groups in total. The minimum atomic E-state index is -0.474. The van der Waals surface area contributed by atoms with E-state index < -0.39 is 11.8 Å². The minimum Gasteiger partial charge on any atom is -0.331 e. The lowest BCUT2D eigenvalue weighted by molar-refractivity contribution is 0.249. The van der Waals surface area contributed by atoms with Gasteiger partial charge in [-0.3, -0.25) is 0 Å². The number of aromatic nitrogens is 1. The third-order valence-corrected chi connectivity index (χ3v) is 6.81. The zero-order chi connectivity index (χ0) is 19.7. The number of halogens is 2. The lowest BCUT2D eigenvalue weighted by Crippen LogP contribution is -2.32. The minimum absolute atomic E-state index is 0.158. The van der Waals surface area contributed by atoms with Crippen molar-refractivity contribution in [3.63, 3.8) is 0 Å². The number of rotatable bonds is 4. The molecule has 0 bridgehead atoms. The summed E-state index contributed by atoms with van der Waals surface area (Å²) < 4.78 is 16.8. The van der Waals surface area contributed by atoms with Crippen LogP contribution in [0, 0.1) is 5.82 Å². The molecule has 0 saturated carbocycles. The number of hydrogen-bond donors (Lipinski definition) is 2. The van der Waals surface area contributed by atoms with Crippen LogP contribution in [0.1, 0.15) is 41.8 Å². The standard InChI is InChI=1S/C21H21BrFN3OS/c1-13(24-21(27)25-17-9-8-14(22)12-16(17)23)19-15-6-2-3-7-18(15)28-20(19)26-10-4-5-11-26/h4-5,8-13H,2-3,6-7H2,1H3,(H2,24,25,27)/t13-/m0/s1. The van der Waals surface area contributed by atoms with Crippen molar-refractivity contribution in [3.05, 3.63) is 69.0 Å². The summed E-state index contributed by atoms with van der Waals surface area (Å²) >= 11 is 5.03. The predicted molar refractivity (Wildman–Crippen MR) is 115 cm³/mol. The Morgan fingerprint density at radius 3 is 2.75 bits per heavy atom. The number of hydrogen-bond acceptors (Lipinski definition) is 2. The van der Waals surface area contributed by atoms with E-state index in [1.54, 1.807) is 12.1 Å². The highest BCUT2D eigenvalue weighted by atomic mass is 79.9. The van der Waals surface area contributed by atoms with E-state index in [0.717, 1.165) is 17.8 Å². The van der Waals surface area contributed by atoms with Crippen LogP contribution in [-0.2, 0) is 12.8 Å². The Morgan fingerprint density at radius 1 is 1.25 bits per heavy atom. The van der Waals surface area contributed by atoms with Gasteiger partial charge < -0.3 is 15.2 Å². The van der Waals surface area contributed by atoms with Crippen molar-refractivity contribution in [1.29, 1.82) is 0 Å². The van der Waals surface area contributed by atoms with Crippen LogP contribution in [0.4, 0.5) is 14.9 Å². The van der Waals surface area contributed by atoms with Crippen molar-refractivity contribution in [2.75, 3.05) is 5.32 Å². The third kappa shape index (κ3) is 3.86. The van der Waals surface area contributed by atoms with Gasteiger partial charge in [0.25, 0.3) is 0 Å². The second kappa shape index (κ2) is 8.09. The number of nitrogens with one attached hydrogen (secondary N) is 2. The Kier molecular flexibility index (Phi) is 5.55. The van der Waals surface area contributed by atoms with Crippen LogP contribution < -0.4 is 10.6 Å². The van der Waals surface area contributed by atoms with Crippen molar-refractivity contribution in [1.82, 2.24) is 9.88 Å². The Hall–Kier alpha value is -2.12. The van der Waals surface area contributed by atoms with E-state index in [-0.39, 0.29) is 11.7 Å². The number of aryl methyl sites for hydroxylation is 1. The lowest BCUT2D eigenvalue weighted by Gasteiger charge is -2.20. The number of fused-ring (bicyclic) bond motifs is 1. The van der Waals surface area contributed by atoms with E-state index in [1.165, 1.54) is 34.9 Å². The molecule has 0 aliphatic heterocycles. The maximum Gasteiger partial charge on any atom is 0.319 e. The van der Waals surface area contributed by atoms with Gasteiger partial charge >= 0.3 is 6.03 Å². The second-order valence-corrected chi connectivity index (χ2v) is 8.96. The molecule has 0 unspecified atom stereocenters. The smallest absolute Gasteiger partial charge is 0.319 e. The normalized spacial score (nSPS) is 14.4. The topological polar surface area (TPSA) is 46.1 Å². The molecule has 0 saturated heterocycles. The average Bonchev–Trinajstić information content (AvgIpc) is 3.31. The van der Waals surface area contributed by atoms with Gasteiger partial charge in [0.1, 0.15) is 10.8 Å². The highest BCUT2D eigenvalue weighted by molar-refractivity contribution is 9.10. The number of amides is 2. The van der Waals surface area contributed by atoms with E-state index in [4.69, 9.17) is 0 Å². The maximum atomic E-state index is 14.0. The van der Waals surface area contributed by atoms with Crippen LogP contribution in [-0.4, -0.2) is 10.6 Å². The molecule has 2 aromatic heterocycles. The first-order chi connectivity index (χ1) is 13.5. The zero-order valence-corrected chi connectivity index (χ0v) is 17.9. The van der Waals surface area contributed by atoms with Crippen LogP contribution in [0.15, 0.2) is 47.2 Å². The van der Waals surface area contributed by atoms with Crippen LogP contribution in [0.3, 0.4) is 0 Å². The first kappa shape index (κ1) is 19.2. The summed E-state index contributed by atoms with van der Waals surface area (Å²) in [6, 6.07) is 7.98. The number of carbonyl (C=O) groups is 1. The molecule has 1 aromatic carbocycles. The first-order valence-electron chi connectivity index (χ1n) is 9.33. The number of nitrogens with zero attached hydrogens (tertiary/aromatic N) is 1. The Balaban J connectivity index is 1.58. The zero-order valence-electron chi connectivity index (χ0n) is 15.5. The molecule has 0 radical (unpaired) electrons. The Morgan fingerprint density at radius 2 is 2.00 bits per heavy atom. The molecular weight excluding hydrogens is 441 g/mol. The fourth-order valence-corrected chi connectivity index (χ4v) is 5.49. The molecule has 4 nitrogen and oxygen atoms in total. The van der Waals surface area contributed by atoms with Crippen molar-refractivity contribution < 1.29 is 9.18 Å². The van der Waals surface area contributed by atoms with Gasteiger partial charge in [-0.2, -0.15) is 0 Å². The molecule has 2 amide bonds. The summed E-state index contributed by atoms with van der Waals surface area (Å²) in [7, 11) is 0. The average molecular weight is 462 g/mol. The quantitative estimate of drug-likeness (QED) is 0.477. The molecule has 1 atom stereocenters. The number of anilines is 1. The maximum absolute atomic E-state index is 14.0. The lowest BCUT2D eigenvalue weighted by atomic mass is 9.93. The molecule has 4 rings (SSSR count). The Labute approximate surface area is 175 Å². The fraction of sp³-hybridized carbons (Fsp3) is 0.286. The first-order valence-corrected chi connectivity index (χ1v) is 10.9. The second-order valence-electron chi connectivity index (χ2n) is 6.96. The molecule has 28 heavy (non-hydrogen) atoms. The highest BCUT2D eigenvalue weighted by Crippen LogP contribution is 2.40. The van der Waals surface area contributed by atoms with Crippen molar-refractivity contribution >= 4 is 39.0 Å². The molecular formula is C21H21BrFN3OS. The number of benzene rings is 1. The number of thiophene rings is 1. The monoisotopic (exact) mass is 461 g/mol. The molecule has 0 fully saturated rings. The van der Waals surface area contributed by atoms with Gasteiger partial charge in [0.2, 0.25) is 0 Å². The molecule has 2 heterocycles. The molecule has 1 aliphatic carbocycles. The van der Waals surface area contributed by atoms with Gasteiger partial charge in [0.15, 0.2) is 0 Å². The van der Waals surface area contributed by atoms with Crippen LogP contribution in [0.2, 0.25) is 0 Å². The van der Waals surface area contributed by atoms with Crippen molar-refractivity contribution in [3.8, 4) is 5.00 Å². The Bertz CT molecular complexity index is 1000. The molecule has 146 valence electrons. The van der Waals surface area contributed by atoms with Crippen molar-refractivity contribution in [2.24, 2.45) is 0 Å². The van der Waals surface area contributed by atoms with Crippen LogP contribution in [0.25, 0.3) is 5.00 Å². The van der Waals surface area contributed by atoms with Crippen LogP contribution in [0.5, 0.6) is 0 Å². The summed E-state index contributed by atoms with van der Waals surface area (Å²) in [6.07, 6.45) is 8.58. The van der Waals surface area contributed by atoms with E-state index in [2.05, 4.69) is 31.1 Å². The fourth-order valence-electron chi connectivity index (χ4n) is 3.70. The van der Waals surface area contributed by atoms with E-state index in [1.807, 2.05) is 42.8 Å². The van der Waals surface area contributed by atoms with E-state index >= 15 is 0 Å². The third-order valence-electron chi connectivity index (χ3n) is 4.99. The van der Waals surface area contributed by atoms with E-state index in [0.29, 0.717) is 4.47 Å². The summed E-state index contributed by atoms with van der Waals surface area (Å²) in [5.41, 5.74) is 2.69. The number of carbonyl (C=O) groups excluding carboxylic acids is 1. The predicted octanol–water partition coefficient (Wildman–Crippen LogP) is 6.20. The van der Waals surface area contributed by atoms with Crippen molar-refractivity contribution in [2.45, 2.75) is 38.6 Å². The highest BCUT2D eigenvalue weighted by Gasteiger charge is 2.26. The summed E-state index contributed by atoms with van der Waals surface area (Å²) in [5.74, 6) is -0.474. The summed E-state index contributed by atoms with van der Waals surface area (Å²) in [5, 5.41) is 6.76. The van der Waals surface area contributed by atoms with Gasteiger partial charge in [-0.1, -0.05) is 15.9 Å². The summed E-state index contributed by atoms with van der Waals surface area (Å²) in [4.78, 5) is 13.9. The van der Waals surface area contributed by atoms with E-state index in [9.17, 15) is 9.18 Å². The van der Waals surface area contributed by atoms with Gasteiger partial charge in [0.05, 0.1) is 11.7 Å². The molecule has 7 heteroatoms. The molecule has 3 aromatic rings. The largest absolute Gasteiger partial charge is 0.331 e.